The maximum Gasteiger partial charge on any atom is 0.270 e. The third-order valence-electron chi connectivity index (χ3n) is 2.83. The Morgan fingerprint density at radius 2 is 2.05 bits per heavy atom. The van der Waals surface area contributed by atoms with Gasteiger partial charge in [0.2, 0.25) is 5.95 Å². The SMILES string of the molecule is C=CCNC(=O)c1ccnc(NCCc2ccccc2)n1. The van der Waals surface area contributed by atoms with Gasteiger partial charge in [-0.05, 0) is 18.1 Å². The molecule has 0 atom stereocenters. The van der Waals surface area contributed by atoms with Crippen LogP contribution in [0.25, 0.3) is 0 Å². The number of rotatable bonds is 7. The quantitative estimate of drug-likeness (QED) is 0.763. The number of carbonyl (C=O) groups is 1. The third kappa shape index (κ3) is 4.72. The molecule has 0 spiro atoms. The molecule has 1 aromatic carbocycles. The molecule has 0 aliphatic heterocycles. The van der Waals surface area contributed by atoms with Crippen LogP contribution in [0.2, 0.25) is 0 Å². The second-order valence-electron chi connectivity index (χ2n) is 4.43. The number of nitrogens with one attached hydrogen (secondary N) is 2. The Labute approximate surface area is 124 Å². The summed E-state index contributed by atoms with van der Waals surface area (Å²) in [6, 6.07) is 11.7. The van der Waals surface area contributed by atoms with Crippen molar-refractivity contribution in [3.63, 3.8) is 0 Å². The molecular formula is C16H18N4O. The summed E-state index contributed by atoms with van der Waals surface area (Å²) in [6.07, 6.45) is 4.07. The van der Waals surface area contributed by atoms with Crippen LogP contribution in [0, 0.1) is 0 Å². The normalized spacial score (nSPS) is 9.90. The number of nitrogens with zero attached hydrogens (tertiary/aromatic N) is 2. The molecule has 0 fully saturated rings. The van der Waals surface area contributed by atoms with E-state index in [9.17, 15) is 4.79 Å². The molecule has 5 heteroatoms. The van der Waals surface area contributed by atoms with Crippen molar-refractivity contribution in [3.8, 4) is 0 Å². The van der Waals surface area contributed by atoms with Crippen molar-refractivity contribution in [1.82, 2.24) is 15.3 Å². The number of hydrogen-bond acceptors (Lipinski definition) is 4. The van der Waals surface area contributed by atoms with Gasteiger partial charge in [0.15, 0.2) is 0 Å². The van der Waals surface area contributed by atoms with Crippen LogP contribution in [0.4, 0.5) is 5.95 Å². The second-order valence-corrected chi connectivity index (χ2v) is 4.43. The molecule has 108 valence electrons. The van der Waals surface area contributed by atoms with E-state index in [2.05, 4.69) is 39.3 Å². The largest absolute Gasteiger partial charge is 0.354 e. The first-order chi connectivity index (χ1) is 10.3. The van der Waals surface area contributed by atoms with Gasteiger partial charge >= 0.3 is 0 Å². The van der Waals surface area contributed by atoms with Crippen molar-refractivity contribution in [1.29, 1.82) is 0 Å². The summed E-state index contributed by atoms with van der Waals surface area (Å²) in [5.74, 6) is 0.223. The predicted molar refractivity (Wildman–Crippen MR) is 83.2 cm³/mol. The molecule has 21 heavy (non-hydrogen) atoms. The number of hydrogen-bond donors (Lipinski definition) is 2. The molecule has 5 nitrogen and oxygen atoms in total. The summed E-state index contributed by atoms with van der Waals surface area (Å²) in [4.78, 5) is 20.1. The van der Waals surface area contributed by atoms with Crippen molar-refractivity contribution in [2.75, 3.05) is 18.4 Å². The van der Waals surface area contributed by atoms with Crippen molar-refractivity contribution in [2.45, 2.75) is 6.42 Å². The molecule has 2 N–H and O–H groups in total. The lowest BCUT2D eigenvalue weighted by Crippen LogP contribution is -2.24. The van der Waals surface area contributed by atoms with Gasteiger partial charge in [0.25, 0.3) is 5.91 Å². The van der Waals surface area contributed by atoms with Crippen LogP contribution in [0.3, 0.4) is 0 Å². The summed E-state index contributed by atoms with van der Waals surface area (Å²) < 4.78 is 0. The Morgan fingerprint density at radius 1 is 1.24 bits per heavy atom. The van der Waals surface area contributed by atoms with Gasteiger partial charge in [0, 0.05) is 19.3 Å². The van der Waals surface area contributed by atoms with Crippen molar-refractivity contribution < 1.29 is 4.79 Å². The van der Waals surface area contributed by atoms with Gasteiger partial charge < -0.3 is 10.6 Å². The van der Waals surface area contributed by atoms with Crippen LogP contribution in [0.1, 0.15) is 16.1 Å². The van der Waals surface area contributed by atoms with E-state index < -0.39 is 0 Å². The lowest BCUT2D eigenvalue weighted by Gasteiger charge is -2.06. The Kier molecular flexibility index (Phi) is 5.46. The van der Waals surface area contributed by atoms with Gasteiger partial charge in [-0.15, -0.1) is 6.58 Å². The molecule has 2 aromatic rings. The van der Waals surface area contributed by atoms with E-state index in [0.717, 1.165) is 6.42 Å². The van der Waals surface area contributed by atoms with Crippen LogP contribution in [0.5, 0.6) is 0 Å². The van der Waals surface area contributed by atoms with Gasteiger partial charge in [0.05, 0.1) is 0 Å². The fraction of sp³-hybridized carbons (Fsp3) is 0.188. The third-order valence-corrected chi connectivity index (χ3v) is 2.83. The molecule has 0 radical (unpaired) electrons. The monoisotopic (exact) mass is 282 g/mol. The zero-order valence-corrected chi connectivity index (χ0v) is 11.7. The highest BCUT2D eigenvalue weighted by atomic mass is 16.1. The van der Waals surface area contributed by atoms with Gasteiger partial charge in [-0.1, -0.05) is 36.4 Å². The van der Waals surface area contributed by atoms with E-state index in [-0.39, 0.29) is 5.91 Å². The number of amides is 1. The molecule has 2 rings (SSSR count). The number of aromatic nitrogens is 2. The molecule has 1 heterocycles. The van der Waals surface area contributed by atoms with Gasteiger partial charge in [-0.3, -0.25) is 4.79 Å². The molecule has 0 bridgehead atoms. The van der Waals surface area contributed by atoms with E-state index in [0.29, 0.717) is 24.7 Å². The molecule has 1 aromatic heterocycles. The zero-order chi connectivity index (χ0) is 14.9. The highest BCUT2D eigenvalue weighted by molar-refractivity contribution is 5.92. The standard InChI is InChI=1S/C16H18N4O/c1-2-10-17-15(21)14-9-12-19-16(20-14)18-11-8-13-6-4-3-5-7-13/h2-7,9,12H,1,8,10-11H2,(H,17,21)(H,18,19,20). The van der Waals surface area contributed by atoms with Crippen LogP contribution in [0.15, 0.2) is 55.3 Å². The Bertz CT molecular complexity index is 598. The fourth-order valence-electron chi connectivity index (χ4n) is 1.79. The highest BCUT2D eigenvalue weighted by Crippen LogP contribution is 2.03. The molecule has 0 unspecified atom stereocenters. The summed E-state index contributed by atoms with van der Waals surface area (Å²) in [5.41, 5.74) is 1.58. The molecule has 0 saturated heterocycles. The molecule has 0 aliphatic carbocycles. The van der Waals surface area contributed by atoms with Gasteiger partial charge in [-0.2, -0.15) is 0 Å². The van der Waals surface area contributed by atoms with E-state index in [1.54, 1.807) is 18.3 Å². The fourth-order valence-corrected chi connectivity index (χ4v) is 1.79. The van der Waals surface area contributed by atoms with Crippen LogP contribution >= 0.6 is 0 Å². The van der Waals surface area contributed by atoms with Gasteiger partial charge in [-0.25, -0.2) is 9.97 Å². The molecule has 0 aliphatic rings. The first-order valence-corrected chi connectivity index (χ1v) is 6.79. The smallest absolute Gasteiger partial charge is 0.270 e. The average molecular weight is 282 g/mol. The Balaban J connectivity index is 1.89. The summed E-state index contributed by atoms with van der Waals surface area (Å²) in [6.45, 7) is 4.68. The predicted octanol–water partition coefficient (Wildman–Crippen LogP) is 2.05. The maximum atomic E-state index is 11.8. The second kappa shape index (κ2) is 7.79. The lowest BCUT2D eigenvalue weighted by atomic mass is 10.1. The van der Waals surface area contributed by atoms with Crippen molar-refractivity contribution in [2.24, 2.45) is 0 Å². The first-order valence-electron chi connectivity index (χ1n) is 6.79. The Morgan fingerprint density at radius 3 is 2.81 bits per heavy atom. The number of anilines is 1. The van der Waals surface area contributed by atoms with Gasteiger partial charge in [0.1, 0.15) is 5.69 Å². The van der Waals surface area contributed by atoms with E-state index in [1.807, 2.05) is 18.2 Å². The zero-order valence-electron chi connectivity index (χ0n) is 11.7. The van der Waals surface area contributed by atoms with Crippen LogP contribution in [-0.2, 0) is 6.42 Å². The van der Waals surface area contributed by atoms with Crippen LogP contribution < -0.4 is 10.6 Å². The molecular weight excluding hydrogens is 264 g/mol. The van der Waals surface area contributed by atoms with Crippen molar-refractivity contribution in [3.05, 3.63) is 66.5 Å². The van der Waals surface area contributed by atoms with E-state index in [4.69, 9.17) is 0 Å². The highest BCUT2D eigenvalue weighted by Gasteiger charge is 2.07. The number of carbonyl (C=O) groups excluding carboxylic acids is 1. The molecule has 0 saturated carbocycles. The minimum Gasteiger partial charge on any atom is -0.354 e. The topological polar surface area (TPSA) is 66.9 Å². The lowest BCUT2D eigenvalue weighted by molar-refractivity contribution is 0.0953. The maximum absolute atomic E-state index is 11.8. The summed E-state index contributed by atoms with van der Waals surface area (Å²) >= 11 is 0. The van der Waals surface area contributed by atoms with E-state index >= 15 is 0 Å². The Hall–Kier alpha value is -2.69. The molecule has 1 amide bonds. The minimum absolute atomic E-state index is 0.233. The number of benzene rings is 1. The van der Waals surface area contributed by atoms with Crippen molar-refractivity contribution >= 4 is 11.9 Å². The average Bonchev–Trinajstić information content (AvgIpc) is 2.54. The summed E-state index contributed by atoms with van der Waals surface area (Å²) in [5, 5.41) is 5.80. The first kappa shape index (κ1) is 14.7. The minimum atomic E-state index is -0.233. The van der Waals surface area contributed by atoms with Crippen LogP contribution in [-0.4, -0.2) is 29.0 Å². The summed E-state index contributed by atoms with van der Waals surface area (Å²) in [7, 11) is 0. The van der Waals surface area contributed by atoms with E-state index in [1.165, 1.54) is 5.56 Å².